The van der Waals surface area contributed by atoms with Gasteiger partial charge in [-0.25, -0.2) is 4.79 Å². The second kappa shape index (κ2) is 6.33. The van der Waals surface area contributed by atoms with Crippen LogP contribution in [0, 0.1) is 5.92 Å². The number of amides is 1. The fraction of sp³-hybridized carbons (Fsp3) is 0.938. The van der Waals surface area contributed by atoms with E-state index in [1.165, 1.54) is 19.3 Å². The lowest BCUT2D eigenvalue weighted by atomic mass is 9.78. The standard InChI is InChI=1S/C16H30N2O2/c1-16(2,3)20-15(19)18-10-5-4-9-14(18)12-7-6-8-13(17)11-12/h12-14H,4-11,17H2,1-3H3. The van der Waals surface area contributed by atoms with Gasteiger partial charge < -0.3 is 15.4 Å². The van der Waals surface area contributed by atoms with Crippen LogP contribution in [-0.2, 0) is 4.74 Å². The van der Waals surface area contributed by atoms with Gasteiger partial charge in [0.15, 0.2) is 0 Å². The summed E-state index contributed by atoms with van der Waals surface area (Å²) >= 11 is 0. The molecule has 0 aromatic heterocycles. The van der Waals surface area contributed by atoms with Crippen molar-refractivity contribution in [3.05, 3.63) is 0 Å². The zero-order valence-corrected chi connectivity index (χ0v) is 13.2. The second-order valence-electron chi connectivity index (χ2n) is 7.42. The summed E-state index contributed by atoms with van der Waals surface area (Å²) in [5.74, 6) is 0.562. The van der Waals surface area contributed by atoms with E-state index in [1.807, 2.05) is 25.7 Å². The maximum Gasteiger partial charge on any atom is 0.410 e. The van der Waals surface area contributed by atoms with Crippen LogP contribution in [-0.4, -0.2) is 35.2 Å². The topological polar surface area (TPSA) is 55.6 Å². The summed E-state index contributed by atoms with van der Waals surface area (Å²) in [7, 11) is 0. The third-order valence-corrected chi connectivity index (χ3v) is 4.48. The molecule has 0 aromatic rings. The number of carbonyl (C=O) groups excluding carboxylic acids is 1. The molecule has 3 atom stereocenters. The van der Waals surface area contributed by atoms with Crippen molar-refractivity contribution in [3.8, 4) is 0 Å². The maximum atomic E-state index is 12.4. The van der Waals surface area contributed by atoms with Gasteiger partial charge in [-0.2, -0.15) is 0 Å². The van der Waals surface area contributed by atoms with E-state index in [0.29, 0.717) is 18.0 Å². The van der Waals surface area contributed by atoms with Gasteiger partial charge in [0.1, 0.15) is 5.60 Å². The highest BCUT2D eigenvalue weighted by atomic mass is 16.6. The molecule has 0 spiro atoms. The fourth-order valence-electron chi connectivity index (χ4n) is 3.61. The third-order valence-electron chi connectivity index (χ3n) is 4.48. The first-order chi connectivity index (χ1) is 9.37. The van der Waals surface area contributed by atoms with Crippen LogP contribution in [0.5, 0.6) is 0 Å². The number of likely N-dealkylation sites (tertiary alicyclic amines) is 1. The van der Waals surface area contributed by atoms with E-state index in [1.54, 1.807) is 0 Å². The van der Waals surface area contributed by atoms with Crippen molar-refractivity contribution in [2.45, 2.75) is 83.4 Å². The number of hydrogen-bond acceptors (Lipinski definition) is 3. The molecule has 0 bridgehead atoms. The Morgan fingerprint density at radius 1 is 1.15 bits per heavy atom. The molecule has 2 N–H and O–H groups in total. The molecule has 2 fully saturated rings. The monoisotopic (exact) mass is 282 g/mol. The van der Waals surface area contributed by atoms with Crippen molar-refractivity contribution in [3.63, 3.8) is 0 Å². The Hall–Kier alpha value is -0.770. The Balaban J connectivity index is 2.02. The van der Waals surface area contributed by atoms with Crippen molar-refractivity contribution in [1.29, 1.82) is 0 Å². The Morgan fingerprint density at radius 3 is 2.55 bits per heavy atom. The van der Waals surface area contributed by atoms with Crippen LogP contribution >= 0.6 is 0 Å². The molecule has 4 heteroatoms. The molecule has 20 heavy (non-hydrogen) atoms. The summed E-state index contributed by atoms with van der Waals surface area (Å²) in [6.07, 6.45) is 7.88. The fourth-order valence-corrected chi connectivity index (χ4v) is 3.61. The minimum atomic E-state index is -0.415. The quantitative estimate of drug-likeness (QED) is 0.803. The highest BCUT2D eigenvalue weighted by Gasteiger charge is 2.36. The van der Waals surface area contributed by atoms with Gasteiger partial charge in [0.2, 0.25) is 0 Å². The summed E-state index contributed by atoms with van der Waals surface area (Å²) < 4.78 is 5.58. The average Bonchev–Trinajstić information content (AvgIpc) is 2.37. The van der Waals surface area contributed by atoms with E-state index >= 15 is 0 Å². The van der Waals surface area contributed by atoms with Crippen molar-refractivity contribution >= 4 is 6.09 Å². The zero-order chi connectivity index (χ0) is 14.8. The first kappa shape index (κ1) is 15.6. The summed E-state index contributed by atoms with van der Waals surface area (Å²) in [6, 6.07) is 0.654. The van der Waals surface area contributed by atoms with Crippen molar-refractivity contribution < 1.29 is 9.53 Å². The molecule has 2 rings (SSSR count). The molecule has 1 aliphatic heterocycles. The number of piperidine rings is 1. The van der Waals surface area contributed by atoms with E-state index in [2.05, 4.69) is 0 Å². The SMILES string of the molecule is CC(C)(C)OC(=O)N1CCCCC1C1CCCC(N)C1. The third kappa shape index (κ3) is 4.11. The molecule has 1 saturated heterocycles. The van der Waals surface area contributed by atoms with Gasteiger partial charge >= 0.3 is 6.09 Å². The van der Waals surface area contributed by atoms with E-state index in [4.69, 9.17) is 10.5 Å². The second-order valence-corrected chi connectivity index (χ2v) is 7.42. The maximum absolute atomic E-state index is 12.4. The van der Waals surface area contributed by atoms with Gasteiger partial charge in [-0.15, -0.1) is 0 Å². The van der Waals surface area contributed by atoms with Gasteiger partial charge in [0.05, 0.1) is 0 Å². The number of ether oxygens (including phenoxy) is 1. The summed E-state index contributed by atoms with van der Waals surface area (Å²) in [5, 5.41) is 0. The lowest BCUT2D eigenvalue weighted by molar-refractivity contribution is -0.00234. The zero-order valence-electron chi connectivity index (χ0n) is 13.2. The number of nitrogens with two attached hydrogens (primary N) is 1. The molecule has 4 nitrogen and oxygen atoms in total. The predicted molar refractivity (Wildman–Crippen MR) is 80.5 cm³/mol. The van der Waals surface area contributed by atoms with Gasteiger partial charge in [0, 0.05) is 18.6 Å². The average molecular weight is 282 g/mol. The van der Waals surface area contributed by atoms with Gasteiger partial charge in [-0.1, -0.05) is 6.42 Å². The van der Waals surface area contributed by atoms with E-state index < -0.39 is 5.60 Å². The van der Waals surface area contributed by atoms with E-state index in [-0.39, 0.29) is 6.09 Å². The number of carbonyl (C=O) groups is 1. The van der Waals surface area contributed by atoms with Gasteiger partial charge in [-0.3, -0.25) is 0 Å². The molecular weight excluding hydrogens is 252 g/mol. The molecule has 1 heterocycles. The van der Waals surface area contributed by atoms with Crippen LogP contribution in [0.3, 0.4) is 0 Å². The molecule has 116 valence electrons. The van der Waals surface area contributed by atoms with Crippen LogP contribution in [0.25, 0.3) is 0 Å². The lowest BCUT2D eigenvalue weighted by Gasteiger charge is -2.43. The molecule has 3 unspecified atom stereocenters. The minimum absolute atomic E-state index is 0.138. The smallest absolute Gasteiger partial charge is 0.410 e. The van der Waals surface area contributed by atoms with Crippen molar-refractivity contribution in [2.75, 3.05) is 6.54 Å². The van der Waals surface area contributed by atoms with Crippen LogP contribution in [0.4, 0.5) is 4.79 Å². The molecule has 1 amide bonds. The van der Waals surface area contributed by atoms with Crippen molar-refractivity contribution in [1.82, 2.24) is 4.90 Å². The molecule has 1 saturated carbocycles. The Bertz CT molecular complexity index is 338. The van der Waals surface area contributed by atoms with E-state index in [9.17, 15) is 4.79 Å². The Kier molecular flexibility index (Phi) is 4.95. The Morgan fingerprint density at radius 2 is 1.90 bits per heavy atom. The first-order valence-corrected chi connectivity index (χ1v) is 8.12. The number of rotatable bonds is 1. The largest absolute Gasteiger partial charge is 0.444 e. The lowest BCUT2D eigenvalue weighted by Crippen LogP contribution is -2.51. The molecular formula is C16H30N2O2. The van der Waals surface area contributed by atoms with Crippen LogP contribution in [0.2, 0.25) is 0 Å². The molecule has 0 aromatic carbocycles. The van der Waals surface area contributed by atoms with Crippen LogP contribution in [0.15, 0.2) is 0 Å². The normalized spacial score (nSPS) is 32.0. The van der Waals surface area contributed by atoms with Crippen LogP contribution < -0.4 is 5.73 Å². The highest BCUT2D eigenvalue weighted by molar-refractivity contribution is 5.68. The highest BCUT2D eigenvalue weighted by Crippen LogP contribution is 2.34. The van der Waals surface area contributed by atoms with Gasteiger partial charge in [0.25, 0.3) is 0 Å². The Labute approximate surface area is 123 Å². The van der Waals surface area contributed by atoms with E-state index in [0.717, 1.165) is 32.2 Å². The van der Waals surface area contributed by atoms with Gasteiger partial charge in [-0.05, 0) is 65.2 Å². The number of hydrogen-bond donors (Lipinski definition) is 1. The summed E-state index contributed by atoms with van der Waals surface area (Å²) in [6.45, 7) is 6.63. The molecule has 2 aliphatic rings. The minimum Gasteiger partial charge on any atom is -0.444 e. The predicted octanol–water partition coefficient (Wildman–Crippen LogP) is 3.29. The summed E-state index contributed by atoms with van der Waals surface area (Å²) in [4.78, 5) is 14.4. The molecule has 0 radical (unpaired) electrons. The first-order valence-electron chi connectivity index (χ1n) is 8.12. The molecule has 1 aliphatic carbocycles. The number of nitrogens with zero attached hydrogens (tertiary/aromatic N) is 1. The van der Waals surface area contributed by atoms with Crippen LogP contribution in [0.1, 0.15) is 65.7 Å². The van der Waals surface area contributed by atoms with Crippen molar-refractivity contribution in [2.24, 2.45) is 11.7 Å². The summed E-state index contributed by atoms with van der Waals surface area (Å²) in [5.41, 5.74) is 5.71.